The molecule has 5 nitrogen and oxygen atoms in total. The third kappa shape index (κ3) is 5.11. The number of anilines is 1. The number of hydrogen-bond donors (Lipinski definition) is 1. The van der Waals surface area contributed by atoms with Crippen molar-refractivity contribution >= 4 is 38.9 Å². The van der Waals surface area contributed by atoms with Crippen LogP contribution >= 0.6 is 23.2 Å². The Balaban J connectivity index is 2.21. The van der Waals surface area contributed by atoms with Crippen LogP contribution < -0.4 is 9.62 Å². The van der Waals surface area contributed by atoms with E-state index in [4.69, 9.17) is 23.2 Å². The van der Waals surface area contributed by atoms with Crippen LogP contribution in [-0.4, -0.2) is 48.1 Å². The fourth-order valence-electron chi connectivity index (χ4n) is 2.54. The van der Waals surface area contributed by atoms with E-state index in [1.807, 2.05) is 62.3 Å². The zero-order valence-electron chi connectivity index (χ0n) is 15.2. The monoisotopic (exact) mass is 415 g/mol. The fourth-order valence-corrected chi connectivity index (χ4v) is 4.34. The zero-order chi connectivity index (χ0) is 19.5. The van der Waals surface area contributed by atoms with Gasteiger partial charge in [-0.3, -0.25) is 0 Å². The Morgan fingerprint density at radius 3 is 2.15 bits per heavy atom. The smallest absolute Gasteiger partial charge is 0.242 e. The van der Waals surface area contributed by atoms with Crippen molar-refractivity contribution in [3.63, 3.8) is 0 Å². The van der Waals surface area contributed by atoms with Crippen molar-refractivity contribution in [3.05, 3.63) is 58.1 Å². The molecule has 0 heterocycles. The molecule has 0 aliphatic heterocycles. The molecule has 2 rings (SSSR count). The number of halogens is 2. The van der Waals surface area contributed by atoms with Gasteiger partial charge in [0.25, 0.3) is 0 Å². The molecule has 0 aromatic heterocycles. The Labute approximate surface area is 165 Å². The van der Waals surface area contributed by atoms with Gasteiger partial charge in [0.15, 0.2) is 0 Å². The molecule has 0 aliphatic rings. The number of nitrogens with one attached hydrogen (secondary N) is 1. The van der Waals surface area contributed by atoms with Crippen molar-refractivity contribution in [2.75, 3.05) is 39.6 Å². The molecule has 2 aromatic carbocycles. The average Bonchev–Trinajstić information content (AvgIpc) is 2.57. The highest BCUT2D eigenvalue weighted by Crippen LogP contribution is 2.26. The van der Waals surface area contributed by atoms with Crippen LogP contribution in [0.2, 0.25) is 10.0 Å². The zero-order valence-corrected chi connectivity index (χ0v) is 17.5. The summed E-state index contributed by atoms with van der Waals surface area (Å²) >= 11 is 11.9. The topological polar surface area (TPSA) is 52.7 Å². The molecular formula is C18H23Cl2N3O2S. The van der Waals surface area contributed by atoms with E-state index in [-0.39, 0.29) is 22.5 Å². The third-order valence-corrected chi connectivity index (χ3v) is 6.21. The van der Waals surface area contributed by atoms with Crippen LogP contribution in [0.15, 0.2) is 47.4 Å². The first-order valence-electron chi connectivity index (χ1n) is 8.00. The highest BCUT2D eigenvalue weighted by molar-refractivity contribution is 7.89. The van der Waals surface area contributed by atoms with E-state index >= 15 is 0 Å². The molecule has 0 spiro atoms. The first-order valence-corrected chi connectivity index (χ1v) is 10.2. The van der Waals surface area contributed by atoms with Crippen molar-refractivity contribution in [1.29, 1.82) is 0 Å². The van der Waals surface area contributed by atoms with Crippen molar-refractivity contribution in [2.45, 2.75) is 10.9 Å². The van der Waals surface area contributed by atoms with Gasteiger partial charge in [0, 0.05) is 37.4 Å². The molecule has 0 saturated heterocycles. The molecule has 0 aliphatic carbocycles. The van der Waals surface area contributed by atoms with Gasteiger partial charge < -0.3 is 9.80 Å². The maximum absolute atomic E-state index is 12.6. The predicted molar refractivity (Wildman–Crippen MR) is 109 cm³/mol. The van der Waals surface area contributed by atoms with Crippen LogP contribution in [0, 0.1) is 0 Å². The van der Waals surface area contributed by atoms with Gasteiger partial charge in [0.05, 0.1) is 5.02 Å². The molecule has 142 valence electrons. The number of rotatable bonds is 7. The fraction of sp³-hybridized carbons (Fsp3) is 0.333. The van der Waals surface area contributed by atoms with E-state index in [2.05, 4.69) is 4.72 Å². The maximum Gasteiger partial charge on any atom is 0.242 e. The minimum Gasteiger partial charge on any atom is -0.378 e. The van der Waals surface area contributed by atoms with Gasteiger partial charge in [-0.1, -0.05) is 35.3 Å². The van der Waals surface area contributed by atoms with Crippen LogP contribution in [0.3, 0.4) is 0 Å². The normalized spacial score (nSPS) is 13.0. The second-order valence-electron chi connectivity index (χ2n) is 6.39. The highest BCUT2D eigenvalue weighted by atomic mass is 35.5. The van der Waals surface area contributed by atoms with Gasteiger partial charge in [-0.25, -0.2) is 13.1 Å². The quantitative estimate of drug-likeness (QED) is 0.749. The molecule has 8 heteroatoms. The van der Waals surface area contributed by atoms with Gasteiger partial charge in [-0.05, 0) is 50.0 Å². The van der Waals surface area contributed by atoms with Crippen LogP contribution in [-0.2, 0) is 10.0 Å². The first kappa shape index (κ1) is 21.0. The Morgan fingerprint density at radius 1 is 1.00 bits per heavy atom. The predicted octanol–water partition coefficient (Wildman–Crippen LogP) is 3.64. The number of likely N-dealkylation sites (N-methyl/N-ethyl adjacent to an activating group) is 1. The molecule has 1 atom stereocenters. The molecule has 0 amide bonds. The van der Waals surface area contributed by atoms with Gasteiger partial charge in [-0.2, -0.15) is 0 Å². The molecular weight excluding hydrogens is 393 g/mol. The van der Waals surface area contributed by atoms with Gasteiger partial charge >= 0.3 is 0 Å². The minimum atomic E-state index is -3.77. The minimum absolute atomic E-state index is 0.0212. The summed E-state index contributed by atoms with van der Waals surface area (Å²) in [7, 11) is 3.99. The summed E-state index contributed by atoms with van der Waals surface area (Å²) in [5, 5.41) is 0.455. The second kappa shape index (κ2) is 8.59. The van der Waals surface area contributed by atoms with Crippen LogP contribution in [0.4, 0.5) is 5.69 Å². The first-order chi connectivity index (χ1) is 12.1. The van der Waals surface area contributed by atoms with Crippen molar-refractivity contribution in [3.8, 4) is 0 Å². The van der Waals surface area contributed by atoms with E-state index in [0.717, 1.165) is 11.3 Å². The molecule has 1 N–H and O–H groups in total. The van der Waals surface area contributed by atoms with Crippen molar-refractivity contribution in [2.24, 2.45) is 0 Å². The van der Waals surface area contributed by atoms with E-state index in [1.54, 1.807) is 6.07 Å². The lowest BCUT2D eigenvalue weighted by atomic mass is 10.1. The summed E-state index contributed by atoms with van der Waals surface area (Å²) in [5.41, 5.74) is 2.10. The van der Waals surface area contributed by atoms with Gasteiger partial charge in [-0.15, -0.1) is 0 Å². The number of sulfonamides is 1. The molecule has 26 heavy (non-hydrogen) atoms. The average molecular weight is 416 g/mol. The Morgan fingerprint density at radius 2 is 1.62 bits per heavy atom. The van der Waals surface area contributed by atoms with Gasteiger partial charge in [0.1, 0.15) is 4.90 Å². The van der Waals surface area contributed by atoms with E-state index in [0.29, 0.717) is 5.02 Å². The number of hydrogen-bond acceptors (Lipinski definition) is 4. The molecule has 0 radical (unpaired) electrons. The second-order valence-corrected chi connectivity index (χ2v) is 8.97. The van der Waals surface area contributed by atoms with Crippen molar-refractivity contribution < 1.29 is 8.42 Å². The molecule has 2 aromatic rings. The Kier molecular flexibility index (Phi) is 6.93. The lowest BCUT2D eigenvalue weighted by Crippen LogP contribution is -2.34. The van der Waals surface area contributed by atoms with Crippen molar-refractivity contribution in [1.82, 2.24) is 9.62 Å². The van der Waals surface area contributed by atoms with Gasteiger partial charge in [0.2, 0.25) is 10.0 Å². The Bertz CT molecular complexity index is 853. The largest absolute Gasteiger partial charge is 0.378 e. The summed E-state index contributed by atoms with van der Waals surface area (Å²) in [5.74, 6) is 0. The van der Waals surface area contributed by atoms with Crippen LogP contribution in [0.5, 0.6) is 0 Å². The summed E-state index contributed by atoms with van der Waals surface area (Å²) in [6.45, 7) is 0.208. The van der Waals surface area contributed by atoms with E-state index < -0.39 is 10.0 Å². The number of benzene rings is 2. The van der Waals surface area contributed by atoms with Crippen LogP contribution in [0.1, 0.15) is 11.6 Å². The molecule has 0 fully saturated rings. The summed E-state index contributed by atoms with van der Waals surface area (Å²) in [6, 6.07) is 12.3. The lowest BCUT2D eigenvalue weighted by molar-refractivity contribution is 0.299. The summed E-state index contributed by atoms with van der Waals surface area (Å²) < 4.78 is 27.9. The lowest BCUT2D eigenvalue weighted by Gasteiger charge is -2.26. The standard InChI is InChI=1S/C18H23Cl2N3O2S/c1-22(2)15-8-5-13(6-9-15)17(23(3)4)12-21-26(24,25)18-11-14(19)7-10-16(18)20/h5-11,17,21H,12H2,1-4H3. The molecule has 0 saturated carbocycles. The summed E-state index contributed by atoms with van der Waals surface area (Å²) in [6.07, 6.45) is 0. The Hall–Kier alpha value is -1.31. The SMILES string of the molecule is CN(C)c1ccc(C(CNS(=O)(=O)c2cc(Cl)ccc2Cl)N(C)C)cc1. The molecule has 1 unspecified atom stereocenters. The highest BCUT2D eigenvalue weighted by Gasteiger charge is 2.22. The van der Waals surface area contributed by atoms with Crippen LogP contribution in [0.25, 0.3) is 0 Å². The maximum atomic E-state index is 12.6. The third-order valence-electron chi connectivity index (χ3n) is 4.07. The number of nitrogens with zero attached hydrogens (tertiary/aromatic N) is 2. The van der Waals surface area contributed by atoms with E-state index in [9.17, 15) is 8.42 Å². The molecule has 0 bridgehead atoms. The van der Waals surface area contributed by atoms with E-state index in [1.165, 1.54) is 12.1 Å². The summed E-state index contributed by atoms with van der Waals surface area (Å²) in [4.78, 5) is 3.96.